The van der Waals surface area contributed by atoms with Crippen molar-refractivity contribution in [2.75, 3.05) is 5.32 Å². The van der Waals surface area contributed by atoms with E-state index in [-0.39, 0.29) is 11.8 Å². The highest BCUT2D eigenvalue weighted by Gasteiger charge is 2.17. The second kappa shape index (κ2) is 8.72. The van der Waals surface area contributed by atoms with Crippen molar-refractivity contribution in [3.8, 4) is 0 Å². The van der Waals surface area contributed by atoms with Gasteiger partial charge in [-0.05, 0) is 54.1 Å². The van der Waals surface area contributed by atoms with Gasteiger partial charge in [-0.3, -0.25) is 4.79 Å². The smallest absolute Gasteiger partial charge is 0.165 e. The molecule has 0 aliphatic rings. The summed E-state index contributed by atoms with van der Waals surface area (Å²) in [4.78, 5) is 12.7. The average molecular weight is 449 g/mol. The van der Waals surface area contributed by atoms with Gasteiger partial charge >= 0.3 is 0 Å². The summed E-state index contributed by atoms with van der Waals surface area (Å²) in [6.07, 6.45) is 0.325. The van der Waals surface area contributed by atoms with Gasteiger partial charge in [-0.25, -0.2) is 0 Å². The zero-order chi connectivity index (χ0) is 18.5. The van der Waals surface area contributed by atoms with Crippen LogP contribution >= 0.6 is 39.1 Å². The maximum Gasteiger partial charge on any atom is 0.165 e. The molecule has 0 fully saturated rings. The molecule has 0 aliphatic carbocycles. The second-order valence-corrected chi connectivity index (χ2v) is 7.68. The van der Waals surface area contributed by atoms with Crippen LogP contribution in [0.4, 0.5) is 5.69 Å². The van der Waals surface area contributed by atoms with E-state index in [1.54, 1.807) is 0 Å². The van der Waals surface area contributed by atoms with E-state index in [9.17, 15) is 4.79 Å². The van der Waals surface area contributed by atoms with E-state index in [2.05, 4.69) is 21.2 Å². The Kier molecular flexibility index (Phi) is 6.36. The molecule has 0 aromatic heterocycles. The molecule has 0 saturated carbocycles. The number of hydrogen-bond donors (Lipinski definition) is 1. The molecule has 0 radical (unpaired) electrons. The van der Waals surface area contributed by atoms with Gasteiger partial charge in [0, 0.05) is 32.2 Å². The van der Waals surface area contributed by atoms with Crippen LogP contribution in [0.15, 0.2) is 77.3 Å². The van der Waals surface area contributed by atoms with Crippen LogP contribution in [-0.4, -0.2) is 5.78 Å². The quantitative estimate of drug-likeness (QED) is 0.404. The van der Waals surface area contributed by atoms with Gasteiger partial charge in [0.25, 0.3) is 0 Å². The van der Waals surface area contributed by atoms with E-state index < -0.39 is 0 Å². The van der Waals surface area contributed by atoms with Crippen molar-refractivity contribution in [2.24, 2.45) is 0 Å². The molecule has 1 atom stereocenters. The van der Waals surface area contributed by atoms with Crippen molar-refractivity contribution < 1.29 is 4.79 Å². The van der Waals surface area contributed by atoms with Crippen LogP contribution in [-0.2, 0) is 0 Å². The molecule has 0 heterocycles. The number of carbonyl (C=O) groups excluding carboxylic acids is 1. The Morgan fingerprint density at radius 2 is 1.38 bits per heavy atom. The highest BCUT2D eigenvalue weighted by atomic mass is 79.9. The predicted molar refractivity (Wildman–Crippen MR) is 112 cm³/mol. The van der Waals surface area contributed by atoms with Gasteiger partial charge in [0.1, 0.15) is 0 Å². The molecule has 0 bridgehead atoms. The third-order valence-electron chi connectivity index (χ3n) is 4.01. The van der Waals surface area contributed by atoms with Crippen LogP contribution in [0, 0.1) is 0 Å². The zero-order valence-corrected chi connectivity index (χ0v) is 16.9. The summed E-state index contributed by atoms with van der Waals surface area (Å²) >= 11 is 15.4. The summed E-state index contributed by atoms with van der Waals surface area (Å²) in [5.41, 5.74) is 2.58. The number of rotatable bonds is 6. The number of ketones is 1. The van der Waals surface area contributed by atoms with Crippen LogP contribution in [0.1, 0.15) is 28.4 Å². The lowest BCUT2D eigenvalue weighted by atomic mass is 9.97. The summed E-state index contributed by atoms with van der Waals surface area (Å²) in [5.74, 6) is 0.0684. The Morgan fingerprint density at radius 1 is 0.846 bits per heavy atom. The number of hydrogen-bond acceptors (Lipinski definition) is 2. The maximum absolute atomic E-state index is 12.7. The first-order valence-corrected chi connectivity index (χ1v) is 9.62. The normalized spacial score (nSPS) is 11.8. The largest absolute Gasteiger partial charge is 0.378 e. The minimum atomic E-state index is -0.176. The molecule has 0 aliphatic heterocycles. The van der Waals surface area contributed by atoms with Crippen LogP contribution in [0.5, 0.6) is 0 Å². The summed E-state index contributed by atoms with van der Waals surface area (Å²) in [6.45, 7) is 0. The topological polar surface area (TPSA) is 29.1 Å². The molecule has 0 saturated heterocycles. The molecular weight excluding hydrogens is 433 g/mol. The van der Waals surface area contributed by atoms with E-state index in [4.69, 9.17) is 23.2 Å². The van der Waals surface area contributed by atoms with Crippen LogP contribution in [0.3, 0.4) is 0 Å². The fourth-order valence-corrected chi connectivity index (χ4v) is 3.15. The third kappa shape index (κ3) is 5.10. The molecular formula is C21H16BrCl2NO. The molecule has 5 heteroatoms. The van der Waals surface area contributed by atoms with Crippen molar-refractivity contribution in [1.29, 1.82) is 0 Å². The highest BCUT2D eigenvalue weighted by molar-refractivity contribution is 9.10. The van der Waals surface area contributed by atoms with Gasteiger partial charge in [-0.2, -0.15) is 0 Å². The van der Waals surface area contributed by atoms with Gasteiger partial charge in [-0.1, -0.05) is 63.4 Å². The molecule has 3 aromatic rings. The molecule has 0 amide bonds. The molecule has 1 N–H and O–H groups in total. The zero-order valence-electron chi connectivity index (χ0n) is 13.8. The monoisotopic (exact) mass is 447 g/mol. The standard InChI is InChI=1S/C21H16BrCl2NO/c22-16-5-1-15(2-6-16)21(26)13-20(14-3-7-17(23)8-4-14)25-19-11-9-18(24)10-12-19/h1-12,20,25H,13H2/t20-/m1/s1. The van der Waals surface area contributed by atoms with Crippen molar-refractivity contribution in [3.05, 3.63) is 98.4 Å². The number of nitrogens with one attached hydrogen (secondary N) is 1. The lowest BCUT2D eigenvalue weighted by molar-refractivity contribution is 0.0976. The van der Waals surface area contributed by atoms with Gasteiger partial charge < -0.3 is 5.32 Å². The number of anilines is 1. The molecule has 3 aromatic carbocycles. The number of halogens is 3. The number of carbonyl (C=O) groups is 1. The Morgan fingerprint density at radius 3 is 1.96 bits per heavy atom. The summed E-state index contributed by atoms with van der Waals surface area (Å²) in [6, 6.07) is 22.2. The van der Waals surface area contributed by atoms with Crippen molar-refractivity contribution >= 4 is 50.6 Å². The second-order valence-electron chi connectivity index (χ2n) is 5.89. The third-order valence-corrected chi connectivity index (χ3v) is 5.05. The molecule has 2 nitrogen and oxygen atoms in total. The van der Waals surface area contributed by atoms with Gasteiger partial charge in [0.05, 0.1) is 6.04 Å². The van der Waals surface area contributed by atoms with E-state index in [0.717, 1.165) is 15.7 Å². The Labute approximate surface area is 171 Å². The lowest BCUT2D eigenvalue weighted by Crippen LogP contribution is -2.15. The van der Waals surface area contributed by atoms with Gasteiger partial charge in [-0.15, -0.1) is 0 Å². The Bertz CT molecular complexity index is 877. The molecule has 3 rings (SSSR count). The first-order valence-electron chi connectivity index (χ1n) is 8.07. The predicted octanol–water partition coefficient (Wildman–Crippen LogP) is 7.18. The molecule has 26 heavy (non-hydrogen) atoms. The minimum absolute atomic E-state index is 0.0684. The molecule has 0 unspecified atom stereocenters. The van der Waals surface area contributed by atoms with Crippen molar-refractivity contribution in [1.82, 2.24) is 0 Å². The fraction of sp³-hybridized carbons (Fsp3) is 0.0952. The van der Waals surface area contributed by atoms with Crippen molar-refractivity contribution in [2.45, 2.75) is 12.5 Å². The summed E-state index contributed by atoms with van der Waals surface area (Å²) in [7, 11) is 0. The van der Waals surface area contributed by atoms with Gasteiger partial charge in [0.15, 0.2) is 5.78 Å². The minimum Gasteiger partial charge on any atom is -0.378 e. The van der Waals surface area contributed by atoms with Gasteiger partial charge in [0.2, 0.25) is 0 Å². The Balaban J connectivity index is 1.84. The van der Waals surface area contributed by atoms with Crippen LogP contribution in [0.2, 0.25) is 10.0 Å². The van der Waals surface area contributed by atoms with E-state index in [1.165, 1.54) is 0 Å². The number of Topliss-reactive ketones (excluding diaryl/α,β-unsaturated/α-hetero) is 1. The maximum atomic E-state index is 12.7. The van der Waals surface area contributed by atoms with E-state index in [0.29, 0.717) is 22.0 Å². The molecule has 0 spiro atoms. The number of benzene rings is 3. The van der Waals surface area contributed by atoms with Crippen LogP contribution in [0.25, 0.3) is 0 Å². The fourth-order valence-electron chi connectivity index (χ4n) is 2.63. The van der Waals surface area contributed by atoms with Crippen LogP contribution < -0.4 is 5.32 Å². The SMILES string of the molecule is O=C(C[C@@H](Nc1ccc(Cl)cc1)c1ccc(Cl)cc1)c1ccc(Br)cc1. The molecule has 132 valence electrons. The lowest BCUT2D eigenvalue weighted by Gasteiger charge is -2.20. The first kappa shape index (κ1) is 19.0. The van der Waals surface area contributed by atoms with Crippen molar-refractivity contribution in [3.63, 3.8) is 0 Å². The Hall–Kier alpha value is -1.81. The highest BCUT2D eigenvalue weighted by Crippen LogP contribution is 2.27. The van der Waals surface area contributed by atoms with E-state index >= 15 is 0 Å². The summed E-state index contributed by atoms with van der Waals surface area (Å²) < 4.78 is 0.947. The first-order chi connectivity index (χ1) is 12.5. The van der Waals surface area contributed by atoms with E-state index in [1.807, 2.05) is 72.8 Å². The average Bonchev–Trinajstić information content (AvgIpc) is 2.64. The summed E-state index contributed by atoms with van der Waals surface area (Å²) in [5, 5.41) is 4.76.